The number of nitrogens with zero attached hydrogens (tertiary/aromatic N) is 3. The lowest BCUT2D eigenvalue weighted by Crippen LogP contribution is -2.41. The summed E-state index contributed by atoms with van der Waals surface area (Å²) in [6.45, 7) is 5.03. The van der Waals surface area contributed by atoms with Crippen molar-refractivity contribution in [3.63, 3.8) is 0 Å². The first-order chi connectivity index (χ1) is 14.7. The topological polar surface area (TPSA) is 127 Å². The van der Waals surface area contributed by atoms with Gasteiger partial charge in [0.15, 0.2) is 0 Å². The van der Waals surface area contributed by atoms with Crippen molar-refractivity contribution in [2.45, 2.75) is 50.5 Å². The molecule has 1 fully saturated rings. The lowest BCUT2D eigenvalue weighted by atomic mass is 10.1. The number of nitrogens with one attached hydrogen (secondary N) is 2. The van der Waals surface area contributed by atoms with Crippen LogP contribution in [0.3, 0.4) is 0 Å². The number of carbonyl (C=O) groups excluding carboxylic acids is 1. The number of aromatic nitrogens is 3. The summed E-state index contributed by atoms with van der Waals surface area (Å²) in [5.41, 5.74) is 2.00. The van der Waals surface area contributed by atoms with E-state index in [0.717, 1.165) is 18.4 Å². The van der Waals surface area contributed by atoms with Crippen LogP contribution in [0.2, 0.25) is 0 Å². The van der Waals surface area contributed by atoms with Gasteiger partial charge in [0.25, 0.3) is 0 Å². The lowest BCUT2D eigenvalue weighted by molar-refractivity contribution is -0.117. The van der Waals surface area contributed by atoms with Gasteiger partial charge in [-0.3, -0.25) is 4.79 Å². The number of sulfonamides is 1. The highest BCUT2D eigenvalue weighted by Gasteiger charge is 2.30. The maximum atomic E-state index is 13.0. The van der Waals surface area contributed by atoms with Crippen molar-refractivity contribution < 1.29 is 17.7 Å². The second-order valence-electron chi connectivity index (χ2n) is 7.76. The molecule has 2 heterocycles. The van der Waals surface area contributed by atoms with E-state index in [0.29, 0.717) is 34.6 Å². The summed E-state index contributed by atoms with van der Waals surface area (Å²) in [6, 6.07) is 7.41. The molecule has 0 unspecified atom stereocenters. The van der Waals surface area contributed by atoms with Gasteiger partial charge in [-0.05, 0) is 62.9 Å². The monoisotopic (exact) mass is 441 g/mol. The quantitative estimate of drug-likeness (QED) is 0.577. The molecule has 1 aliphatic rings. The minimum atomic E-state index is -3.98. The van der Waals surface area contributed by atoms with Crippen LogP contribution in [-0.2, 0) is 14.8 Å². The van der Waals surface area contributed by atoms with Crippen LogP contribution in [0.1, 0.15) is 42.7 Å². The Balaban J connectivity index is 1.52. The Morgan fingerprint density at radius 1 is 1.19 bits per heavy atom. The van der Waals surface area contributed by atoms with Crippen molar-refractivity contribution in [3.8, 4) is 11.4 Å². The average molecular weight is 442 g/mol. The summed E-state index contributed by atoms with van der Waals surface area (Å²) in [5.74, 6) is 1.07. The van der Waals surface area contributed by atoms with E-state index in [1.165, 1.54) is 13.0 Å². The van der Waals surface area contributed by atoms with E-state index in [4.69, 9.17) is 4.52 Å². The number of carbonyl (C=O) groups is 1. The summed E-state index contributed by atoms with van der Waals surface area (Å²) < 4.78 is 33.7. The first-order valence-corrected chi connectivity index (χ1v) is 11.4. The second-order valence-corrected chi connectivity index (χ2v) is 9.44. The van der Waals surface area contributed by atoms with Gasteiger partial charge in [-0.2, -0.15) is 9.71 Å². The zero-order valence-electron chi connectivity index (χ0n) is 17.4. The molecule has 1 aromatic carbocycles. The SMILES string of the molecule is Cc1ccnc(NC(=O)[C@H](C)NS(=O)(=O)c2cc(-c3noc(C4CC4)n3)ccc2C)c1. The molecule has 3 aromatic rings. The summed E-state index contributed by atoms with van der Waals surface area (Å²) in [4.78, 5) is 21.0. The predicted octanol–water partition coefficient (Wildman–Crippen LogP) is 2.93. The normalized spacial score (nSPS) is 14.9. The van der Waals surface area contributed by atoms with Crippen molar-refractivity contribution in [3.05, 3.63) is 53.5 Å². The number of aryl methyl sites for hydroxylation is 2. The van der Waals surface area contributed by atoms with Gasteiger partial charge in [-0.25, -0.2) is 13.4 Å². The Kier molecular flexibility index (Phi) is 5.59. The zero-order chi connectivity index (χ0) is 22.2. The van der Waals surface area contributed by atoms with E-state index in [9.17, 15) is 13.2 Å². The van der Waals surface area contributed by atoms with Crippen LogP contribution in [0.5, 0.6) is 0 Å². The van der Waals surface area contributed by atoms with Gasteiger partial charge in [-0.1, -0.05) is 17.3 Å². The fourth-order valence-corrected chi connectivity index (χ4v) is 4.54. The van der Waals surface area contributed by atoms with E-state index >= 15 is 0 Å². The Morgan fingerprint density at radius 3 is 2.68 bits per heavy atom. The molecule has 0 spiro atoms. The van der Waals surface area contributed by atoms with E-state index in [2.05, 4.69) is 25.2 Å². The molecule has 0 saturated heterocycles. The van der Waals surface area contributed by atoms with Gasteiger partial charge in [0.05, 0.1) is 10.9 Å². The third-order valence-corrected chi connectivity index (χ3v) is 6.68. The van der Waals surface area contributed by atoms with Crippen LogP contribution >= 0.6 is 0 Å². The summed E-state index contributed by atoms with van der Waals surface area (Å²) in [6.07, 6.45) is 3.62. The predicted molar refractivity (Wildman–Crippen MR) is 114 cm³/mol. The van der Waals surface area contributed by atoms with Gasteiger partial charge in [0, 0.05) is 17.7 Å². The Hall–Kier alpha value is -3.11. The largest absolute Gasteiger partial charge is 0.339 e. The molecule has 0 radical (unpaired) electrons. The summed E-state index contributed by atoms with van der Waals surface area (Å²) in [5, 5.41) is 6.59. The fourth-order valence-electron chi connectivity index (χ4n) is 3.07. The van der Waals surface area contributed by atoms with Crippen LogP contribution in [0.25, 0.3) is 11.4 Å². The first kappa shape index (κ1) is 21.1. The van der Waals surface area contributed by atoms with E-state index in [-0.39, 0.29) is 4.90 Å². The fraction of sp³-hybridized carbons (Fsp3) is 0.333. The third kappa shape index (κ3) is 4.80. The molecule has 1 saturated carbocycles. The van der Waals surface area contributed by atoms with Crippen molar-refractivity contribution in [2.75, 3.05) is 5.32 Å². The van der Waals surface area contributed by atoms with Crippen LogP contribution < -0.4 is 10.0 Å². The molecule has 162 valence electrons. The van der Waals surface area contributed by atoms with Crippen LogP contribution in [0.4, 0.5) is 5.82 Å². The van der Waals surface area contributed by atoms with Gasteiger partial charge in [-0.15, -0.1) is 0 Å². The smallest absolute Gasteiger partial charge is 0.243 e. The molecule has 2 aromatic heterocycles. The number of pyridine rings is 1. The van der Waals surface area contributed by atoms with Crippen molar-refractivity contribution >= 4 is 21.7 Å². The highest BCUT2D eigenvalue weighted by Crippen LogP contribution is 2.39. The molecular formula is C21H23N5O4S. The van der Waals surface area contributed by atoms with Crippen molar-refractivity contribution in [1.82, 2.24) is 19.8 Å². The van der Waals surface area contributed by atoms with Gasteiger partial charge in [0.1, 0.15) is 5.82 Å². The number of anilines is 1. The van der Waals surface area contributed by atoms with Crippen molar-refractivity contribution in [1.29, 1.82) is 0 Å². The molecule has 0 bridgehead atoms. The molecule has 2 N–H and O–H groups in total. The Labute approximate surface area is 180 Å². The number of rotatable bonds is 7. The van der Waals surface area contributed by atoms with Crippen LogP contribution in [0.15, 0.2) is 45.9 Å². The van der Waals surface area contributed by atoms with Gasteiger partial charge < -0.3 is 9.84 Å². The first-order valence-electron chi connectivity index (χ1n) is 9.93. The molecule has 10 heteroatoms. The van der Waals surface area contributed by atoms with E-state index in [1.54, 1.807) is 37.4 Å². The third-order valence-electron chi connectivity index (χ3n) is 5.00. The number of benzene rings is 1. The van der Waals surface area contributed by atoms with Gasteiger partial charge >= 0.3 is 0 Å². The number of amides is 1. The number of hydrogen-bond acceptors (Lipinski definition) is 7. The highest BCUT2D eigenvalue weighted by atomic mass is 32.2. The Bertz CT molecular complexity index is 1230. The second kappa shape index (κ2) is 8.20. The zero-order valence-corrected chi connectivity index (χ0v) is 18.2. The molecular weight excluding hydrogens is 418 g/mol. The molecule has 1 amide bonds. The van der Waals surface area contributed by atoms with Crippen LogP contribution in [-0.4, -0.2) is 35.5 Å². The van der Waals surface area contributed by atoms with Crippen molar-refractivity contribution in [2.24, 2.45) is 0 Å². The standard InChI is InChI=1S/C21H23N5O4S/c1-12-8-9-22-18(10-12)23-20(27)14(3)26-31(28,29)17-11-16(5-4-13(17)2)19-24-21(30-25-19)15-6-7-15/h4-5,8-11,14-15,26H,6-7H2,1-3H3,(H,22,23,27)/t14-/m0/s1. The molecule has 31 heavy (non-hydrogen) atoms. The number of hydrogen-bond donors (Lipinski definition) is 2. The highest BCUT2D eigenvalue weighted by molar-refractivity contribution is 7.89. The molecule has 4 rings (SSSR count). The maximum absolute atomic E-state index is 13.0. The summed E-state index contributed by atoms with van der Waals surface area (Å²) >= 11 is 0. The van der Waals surface area contributed by atoms with Gasteiger partial charge in [0.2, 0.25) is 27.6 Å². The van der Waals surface area contributed by atoms with E-state index in [1.807, 2.05) is 6.92 Å². The minimum Gasteiger partial charge on any atom is -0.339 e. The molecule has 1 aliphatic carbocycles. The maximum Gasteiger partial charge on any atom is 0.243 e. The van der Waals surface area contributed by atoms with Crippen LogP contribution in [0, 0.1) is 13.8 Å². The lowest BCUT2D eigenvalue weighted by Gasteiger charge is -2.16. The Morgan fingerprint density at radius 2 is 1.97 bits per heavy atom. The molecule has 9 nitrogen and oxygen atoms in total. The summed E-state index contributed by atoms with van der Waals surface area (Å²) in [7, 11) is -3.98. The van der Waals surface area contributed by atoms with E-state index < -0.39 is 22.0 Å². The minimum absolute atomic E-state index is 0.0519. The molecule has 0 aliphatic heterocycles. The molecule has 1 atom stereocenters. The average Bonchev–Trinajstić information content (AvgIpc) is 3.45.